The maximum absolute atomic E-state index is 12.9. The fourth-order valence-electron chi connectivity index (χ4n) is 4.34. The molecule has 2 unspecified atom stereocenters. The Morgan fingerprint density at radius 3 is 3.00 bits per heavy atom. The Hall–Kier alpha value is -2.54. The van der Waals surface area contributed by atoms with Crippen molar-refractivity contribution in [1.82, 2.24) is 15.5 Å². The molecule has 0 saturated carbocycles. The van der Waals surface area contributed by atoms with E-state index in [1.165, 1.54) is 0 Å². The van der Waals surface area contributed by atoms with E-state index in [-0.39, 0.29) is 17.9 Å². The van der Waals surface area contributed by atoms with E-state index in [1.807, 2.05) is 23.1 Å². The summed E-state index contributed by atoms with van der Waals surface area (Å²) in [5, 5.41) is 7.24. The minimum atomic E-state index is -0.0516. The lowest BCUT2D eigenvalue weighted by atomic mass is 9.97. The fraction of sp³-hybridized carbons (Fsp3) is 0.545. The largest absolute Gasteiger partial charge is 0.497 e. The summed E-state index contributed by atoms with van der Waals surface area (Å²) in [6, 6.07) is 5.60. The Morgan fingerprint density at radius 2 is 2.21 bits per heavy atom. The molecule has 2 amide bonds. The lowest BCUT2D eigenvalue weighted by molar-refractivity contribution is -0.132. The Balaban J connectivity index is 1.32. The molecule has 7 nitrogen and oxygen atoms in total. The second-order valence-corrected chi connectivity index (χ2v) is 8.04. The van der Waals surface area contributed by atoms with E-state index >= 15 is 0 Å². The van der Waals surface area contributed by atoms with Crippen LogP contribution in [-0.4, -0.2) is 56.0 Å². The number of benzene rings is 1. The number of nitrogens with zero attached hydrogens (tertiary/aromatic N) is 1. The molecule has 0 bridgehead atoms. The van der Waals surface area contributed by atoms with Crippen LogP contribution < -0.4 is 15.4 Å². The van der Waals surface area contributed by atoms with Crippen LogP contribution in [0, 0.1) is 5.92 Å². The summed E-state index contributed by atoms with van der Waals surface area (Å²) in [5.41, 5.74) is 1.63. The smallest absolute Gasteiger partial charge is 0.237 e. The van der Waals surface area contributed by atoms with Crippen molar-refractivity contribution in [3.8, 4) is 5.75 Å². The molecule has 156 valence electrons. The standard InChI is InChI=1S/C22H29N3O4/c1-28-17-6-7-18-16(14-29-20(18)11-17)10-21(26)25-9-3-4-15(13-25)12-24-22(27)19-5-2-8-23-19/h6-7,11,14-15,19,23H,2-5,8-10,12-13H2,1H3,(H,24,27). The maximum atomic E-state index is 12.9. The number of nitrogens with one attached hydrogen (secondary N) is 2. The summed E-state index contributed by atoms with van der Waals surface area (Å²) < 4.78 is 10.8. The molecule has 0 spiro atoms. The van der Waals surface area contributed by atoms with Crippen molar-refractivity contribution in [3.05, 3.63) is 30.0 Å². The fourth-order valence-corrected chi connectivity index (χ4v) is 4.34. The minimum Gasteiger partial charge on any atom is -0.497 e. The van der Waals surface area contributed by atoms with Crippen LogP contribution in [-0.2, 0) is 16.0 Å². The Kier molecular flexibility index (Phi) is 6.04. The lowest BCUT2D eigenvalue weighted by Gasteiger charge is -2.33. The van der Waals surface area contributed by atoms with Crippen molar-refractivity contribution in [1.29, 1.82) is 0 Å². The third-order valence-corrected chi connectivity index (χ3v) is 6.02. The summed E-state index contributed by atoms with van der Waals surface area (Å²) in [5.74, 6) is 1.24. The maximum Gasteiger partial charge on any atom is 0.237 e. The van der Waals surface area contributed by atoms with Gasteiger partial charge in [0.2, 0.25) is 11.8 Å². The first-order valence-electron chi connectivity index (χ1n) is 10.5. The molecule has 29 heavy (non-hydrogen) atoms. The second kappa shape index (κ2) is 8.86. The van der Waals surface area contributed by atoms with Crippen LogP contribution in [0.2, 0.25) is 0 Å². The molecule has 3 heterocycles. The average Bonchev–Trinajstić information content (AvgIpc) is 3.42. The SMILES string of the molecule is COc1ccc2c(CC(=O)N3CCCC(CNC(=O)C4CCCN4)C3)coc2c1. The summed E-state index contributed by atoms with van der Waals surface area (Å²) in [7, 11) is 1.62. The van der Waals surface area contributed by atoms with Crippen LogP contribution in [0.5, 0.6) is 5.75 Å². The molecule has 2 aliphatic heterocycles. The molecule has 2 aromatic rings. The Labute approximate surface area is 170 Å². The van der Waals surface area contributed by atoms with Gasteiger partial charge in [0.15, 0.2) is 0 Å². The van der Waals surface area contributed by atoms with Crippen LogP contribution in [0.25, 0.3) is 11.0 Å². The highest BCUT2D eigenvalue weighted by Gasteiger charge is 2.27. The molecule has 1 aromatic carbocycles. The minimum absolute atomic E-state index is 0.0516. The van der Waals surface area contributed by atoms with Gasteiger partial charge in [0, 0.05) is 36.7 Å². The van der Waals surface area contributed by atoms with Crippen LogP contribution in [0.15, 0.2) is 28.9 Å². The van der Waals surface area contributed by atoms with Gasteiger partial charge in [-0.3, -0.25) is 9.59 Å². The van der Waals surface area contributed by atoms with Crippen molar-refractivity contribution in [2.75, 3.05) is 33.3 Å². The molecule has 7 heteroatoms. The molecule has 2 aliphatic rings. The monoisotopic (exact) mass is 399 g/mol. The number of hydrogen-bond acceptors (Lipinski definition) is 5. The van der Waals surface area contributed by atoms with E-state index in [4.69, 9.17) is 9.15 Å². The van der Waals surface area contributed by atoms with Crippen molar-refractivity contribution < 1.29 is 18.7 Å². The zero-order valence-corrected chi connectivity index (χ0v) is 16.9. The van der Waals surface area contributed by atoms with E-state index in [2.05, 4.69) is 10.6 Å². The highest BCUT2D eigenvalue weighted by atomic mass is 16.5. The number of fused-ring (bicyclic) bond motifs is 1. The number of carbonyl (C=O) groups is 2. The first-order chi connectivity index (χ1) is 14.1. The van der Waals surface area contributed by atoms with Crippen LogP contribution in [0.3, 0.4) is 0 Å². The normalized spacial score (nSPS) is 22.0. The van der Waals surface area contributed by atoms with E-state index in [0.29, 0.717) is 25.4 Å². The van der Waals surface area contributed by atoms with Gasteiger partial charge in [-0.15, -0.1) is 0 Å². The number of ether oxygens (including phenoxy) is 1. The van der Waals surface area contributed by atoms with Crippen LogP contribution in [0.1, 0.15) is 31.2 Å². The van der Waals surface area contributed by atoms with Gasteiger partial charge < -0.3 is 24.7 Å². The van der Waals surface area contributed by atoms with E-state index in [9.17, 15) is 9.59 Å². The predicted octanol–water partition coefficient (Wildman–Crippen LogP) is 2.09. The molecule has 2 fully saturated rings. The number of rotatable bonds is 6. The zero-order chi connectivity index (χ0) is 20.2. The van der Waals surface area contributed by atoms with Gasteiger partial charge in [0.1, 0.15) is 11.3 Å². The number of piperidine rings is 1. The summed E-state index contributed by atoms with van der Waals surface area (Å²) >= 11 is 0. The molecule has 2 N–H and O–H groups in total. The lowest BCUT2D eigenvalue weighted by Crippen LogP contribution is -2.47. The number of hydrogen-bond donors (Lipinski definition) is 2. The van der Waals surface area contributed by atoms with Gasteiger partial charge in [0.05, 0.1) is 25.8 Å². The topological polar surface area (TPSA) is 83.8 Å². The molecular formula is C22H29N3O4. The van der Waals surface area contributed by atoms with E-state index in [0.717, 1.165) is 61.1 Å². The van der Waals surface area contributed by atoms with Crippen molar-refractivity contribution >= 4 is 22.8 Å². The molecule has 4 rings (SSSR count). The molecule has 0 radical (unpaired) electrons. The van der Waals surface area contributed by atoms with Crippen molar-refractivity contribution in [2.24, 2.45) is 5.92 Å². The highest BCUT2D eigenvalue weighted by Crippen LogP contribution is 2.26. The third kappa shape index (κ3) is 4.56. The molecule has 0 aliphatic carbocycles. The van der Waals surface area contributed by atoms with Gasteiger partial charge in [-0.1, -0.05) is 0 Å². The van der Waals surface area contributed by atoms with Crippen molar-refractivity contribution in [2.45, 2.75) is 38.1 Å². The predicted molar refractivity (Wildman–Crippen MR) is 110 cm³/mol. The number of carbonyl (C=O) groups excluding carboxylic acids is 2. The number of methoxy groups -OCH3 is 1. The van der Waals surface area contributed by atoms with Gasteiger partial charge >= 0.3 is 0 Å². The first kappa shape index (κ1) is 19.8. The molecule has 2 saturated heterocycles. The molecule has 2 atom stereocenters. The number of likely N-dealkylation sites (tertiary alicyclic amines) is 1. The van der Waals surface area contributed by atoms with E-state index in [1.54, 1.807) is 13.4 Å². The van der Waals surface area contributed by atoms with Crippen molar-refractivity contribution in [3.63, 3.8) is 0 Å². The van der Waals surface area contributed by atoms with Gasteiger partial charge in [0.25, 0.3) is 0 Å². The molecular weight excluding hydrogens is 370 g/mol. The summed E-state index contributed by atoms with van der Waals surface area (Å²) in [6.45, 7) is 3.02. The van der Waals surface area contributed by atoms with Crippen LogP contribution >= 0.6 is 0 Å². The zero-order valence-electron chi connectivity index (χ0n) is 16.9. The second-order valence-electron chi connectivity index (χ2n) is 8.04. The van der Waals surface area contributed by atoms with Gasteiger partial charge in [-0.25, -0.2) is 0 Å². The average molecular weight is 399 g/mol. The van der Waals surface area contributed by atoms with Gasteiger partial charge in [-0.2, -0.15) is 0 Å². The quantitative estimate of drug-likeness (QED) is 0.777. The molecule has 1 aromatic heterocycles. The van der Waals surface area contributed by atoms with Crippen LogP contribution in [0.4, 0.5) is 0 Å². The third-order valence-electron chi connectivity index (χ3n) is 6.02. The van der Waals surface area contributed by atoms with E-state index < -0.39 is 0 Å². The summed E-state index contributed by atoms with van der Waals surface area (Å²) in [4.78, 5) is 27.0. The Morgan fingerprint density at radius 1 is 1.31 bits per heavy atom. The number of furan rings is 1. The first-order valence-corrected chi connectivity index (χ1v) is 10.5. The number of amides is 2. The summed E-state index contributed by atoms with van der Waals surface area (Å²) in [6.07, 6.45) is 5.96. The Bertz CT molecular complexity index is 872. The highest BCUT2D eigenvalue weighted by molar-refractivity contribution is 5.88. The van der Waals surface area contributed by atoms with Gasteiger partial charge in [-0.05, 0) is 50.3 Å².